The van der Waals surface area contributed by atoms with Crippen molar-refractivity contribution < 1.29 is 4.21 Å². The molecule has 1 aromatic rings. The van der Waals surface area contributed by atoms with Crippen LogP contribution in [0.15, 0.2) is 12.3 Å². The summed E-state index contributed by atoms with van der Waals surface area (Å²) < 4.78 is 12.6. The second kappa shape index (κ2) is 5.93. The minimum atomic E-state index is -0.668. The number of nitrogens with zero attached hydrogens (tertiary/aromatic N) is 2. The van der Waals surface area contributed by atoms with Gasteiger partial charge in [0.15, 0.2) is 0 Å². The Balaban J connectivity index is 2.10. The Hall–Kier alpha value is -0.680. The highest BCUT2D eigenvalue weighted by molar-refractivity contribution is 7.84. The van der Waals surface area contributed by atoms with Gasteiger partial charge in [0.2, 0.25) is 0 Å². The summed E-state index contributed by atoms with van der Waals surface area (Å²) in [6.07, 6.45) is 4.49. The smallest absolute Gasteiger partial charge is 0.0518 e. The van der Waals surface area contributed by atoms with Gasteiger partial charge in [-0.1, -0.05) is 0 Å². The molecule has 0 spiro atoms. The predicted molar refractivity (Wildman–Crippen MR) is 58.5 cm³/mol. The summed E-state index contributed by atoms with van der Waals surface area (Å²) in [6, 6.07) is 1.99. The van der Waals surface area contributed by atoms with Crippen LogP contribution in [-0.4, -0.2) is 32.5 Å². The molecular weight excluding hydrogens is 198 g/mol. The van der Waals surface area contributed by atoms with E-state index in [1.807, 2.05) is 17.8 Å². The van der Waals surface area contributed by atoms with Crippen LogP contribution in [0.5, 0.6) is 0 Å². The lowest BCUT2D eigenvalue weighted by atomic mass is 10.4. The number of hydrogen-bond acceptors (Lipinski definition) is 3. The maximum Gasteiger partial charge on any atom is 0.0518 e. The van der Waals surface area contributed by atoms with Gasteiger partial charge in [0.05, 0.1) is 5.69 Å². The molecule has 0 aliphatic heterocycles. The third-order valence-corrected chi connectivity index (χ3v) is 2.88. The van der Waals surface area contributed by atoms with Crippen LogP contribution in [0.1, 0.15) is 12.1 Å². The number of rotatable bonds is 6. The molecule has 0 aliphatic carbocycles. The Labute approximate surface area is 87.2 Å². The maximum atomic E-state index is 10.8. The molecule has 5 heteroatoms. The quantitative estimate of drug-likeness (QED) is 0.693. The lowest BCUT2D eigenvalue weighted by Crippen LogP contribution is -2.18. The third kappa shape index (κ3) is 4.02. The standard InChI is InChI=1S/C9H17N3OS/c1-12-9(4-6-11-12)8-10-5-3-7-14(2)13/h4,6,10H,3,5,7-8H2,1-2H3. The molecule has 80 valence electrons. The van der Waals surface area contributed by atoms with Crippen LogP contribution in [-0.2, 0) is 24.4 Å². The molecule has 14 heavy (non-hydrogen) atoms. The highest BCUT2D eigenvalue weighted by Crippen LogP contribution is 1.94. The summed E-state index contributed by atoms with van der Waals surface area (Å²) in [4.78, 5) is 0. The normalized spacial score (nSPS) is 13.0. The van der Waals surface area contributed by atoms with E-state index in [-0.39, 0.29) is 0 Å². The summed E-state index contributed by atoms with van der Waals surface area (Å²) >= 11 is 0. The van der Waals surface area contributed by atoms with Crippen molar-refractivity contribution in [3.8, 4) is 0 Å². The fraction of sp³-hybridized carbons (Fsp3) is 0.667. The molecule has 4 nitrogen and oxygen atoms in total. The number of aryl methyl sites for hydroxylation is 1. The van der Waals surface area contributed by atoms with E-state index in [9.17, 15) is 4.21 Å². The van der Waals surface area contributed by atoms with Crippen molar-refractivity contribution in [2.24, 2.45) is 7.05 Å². The van der Waals surface area contributed by atoms with Gasteiger partial charge in [-0.25, -0.2) is 0 Å². The molecule has 0 fully saturated rings. The van der Waals surface area contributed by atoms with E-state index in [0.29, 0.717) is 0 Å². The van der Waals surface area contributed by atoms with Crippen LogP contribution in [0.2, 0.25) is 0 Å². The lowest BCUT2D eigenvalue weighted by molar-refractivity contribution is 0.619. The Kier molecular flexibility index (Phi) is 4.82. The molecule has 1 unspecified atom stereocenters. The molecule has 0 bridgehead atoms. The fourth-order valence-electron chi connectivity index (χ4n) is 1.19. The van der Waals surface area contributed by atoms with E-state index in [1.54, 1.807) is 12.5 Å². The molecule has 1 heterocycles. The fourth-order valence-corrected chi connectivity index (χ4v) is 1.74. The minimum Gasteiger partial charge on any atom is -0.311 e. The van der Waals surface area contributed by atoms with Crippen molar-refractivity contribution in [3.63, 3.8) is 0 Å². The average molecular weight is 215 g/mol. The van der Waals surface area contributed by atoms with E-state index >= 15 is 0 Å². The second-order valence-corrected chi connectivity index (χ2v) is 4.81. The van der Waals surface area contributed by atoms with Crippen LogP contribution < -0.4 is 5.32 Å². The zero-order valence-electron chi connectivity index (χ0n) is 8.69. The summed E-state index contributed by atoms with van der Waals surface area (Å²) in [7, 11) is 1.26. The van der Waals surface area contributed by atoms with Gasteiger partial charge in [0.1, 0.15) is 0 Å². The molecule has 0 amide bonds. The third-order valence-electron chi connectivity index (χ3n) is 2.01. The molecule has 1 aromatic heterocycles. The Morgan fingerprint density at radius 2 is 2.43 bits per heavy atom. The van der Waals surface area contributed by atoms with Gasteiger partial charge < -0.3 is 5.32 Å². The van der Waals surface area contributed by atoms with Gasteiger partial charge in [0, 0.05) is 42.6 Å². The molecule has 0 aliphatic rings. The number of aromatic nitrogens is 2. The van der Waals surface area contributed by atoms with Gasteiger partial charge in [-0.15, -0.1) is 0 Å². The van der Waals surface area contributed by atoms with E-state index in [0.717, 1.165) is 25.3 Å². The largest absolute Gasteiger partial charge is 0.311 e. The molecule has 0 saturated carbocycles. The minimum absolute atomic E-state index is 0.668. The summed E-state index contributed by atoms with van der Waals surface area (Å²) in [5, 5.41) is 7.36. The molecular formula is C9H17N3OS. The van der Waals surface area contributed by atoms with Crippen molar-refractivity contribution in [1.29, 1.82) is 0 Å². The molecule has 0 aromatic carbocycles. The first-order chi connectivity index (χ1) is 6.70. The van der Waals surface area contributed by atoms with E-state index in [2.05, 4.69) is 10.4 Å². The highest BCUT2D eigenvalue weighted by atomic mass is 32.2. The zero-order valence-corrected chi connectivity index (χ0v) is 9.51. The van der Waals surface area contributed by atoms with Crippen LogP contribution in [0.25, 0.3) is 0 Å². The Morgan fingerprint density at radius 1 is 1.64 bits per heavy atom. The van der Waals surface area contributed by atoms with E-state index in [1.165, 1.54) is 5.69 Å². The monoisotopic (exact) mass is 215 g/mol. The first-order valence-electron chi connectivity index (χ1n) is 4.68. The van der Waals surface area contributed by atoms with E-state index in [4.69, 9.17) is 0 Å². The summed E-state index contributed by atoms with van der Waals surface area (Å²) in [6.45, 7) is 1.73. The van der Waals surface area contributed by atoms with Gasteiger partial charge in [-0.2, -0.15) is 5.10 Å². The van der Waals surface area contributed by atoms with Gasteiger partial charge in [-0.3, -0.25) is 8.89 Å². The second-order valence-electron chi connectivity index (χ2n) is 3.25. The molecule has 1 atom stereocenters. The molecule has 0 radical (unpaired) electrons. The van der Waals surface area contributed by atoms with Crippen molar-refractivity contribution in [3.05, 3.63) is 18.0 Å². The van der Waals surface area contributed by atoms with Crippen molar-refractivity contribution in [2.75, 3.05) is 18.6 Å². The van der Waals surface area contributed by atoms with Crippen LogP contribution in [0.3, 0.4) is 0 Å². The van der Waals surface area contributed by atoms with Crippen LogP contribution >= 0.6 is 0 Å². The maximum absolute atomic E-state index is 10.8. The zero-order chi connectivity index (χ0) is 10.4. The molecule has 1 rings (SSSR count). The number of hydrogen-bond donors (Lipinski definition) is 1. The first-order valence-corrected chi connectivity index (χ1v) is 6.40. The van der Waals surface area contributed by atoms with Crippen molar-refractivity contribution in [2.45, 2.75) is 13.0 Å². The average Bonchev–Trinajstić information content (AvgIpc) is 2.51. The Morgan fingerprint density at radius 3 is 3.00 bits per heavy atom. The van der Waals surface area contributed by atoms with E-state index < -0.39 is 10.8 Å². The van der Waals surface area contributed by atoms with Crippen LogP contribution in [0, 0.1) is 0 Å². The summed E-state index contributed by atoms with van der Waals surface area (Å²) in [5.41, 5.74) is 1.17. The van der Waals surface area contributed by atoms with Gasteiger partial charge in [0.25, 0.3) is 0 Å². The SMILES string of the molecule is Cn1nccc1CNCCCS(C)=O. The van der Waals surface area contributed by atoms with Gasteiger partial charge >= 0.3 is 0 Å². The molecule has 1 N–H and O–H groups in total. The summed E-state index contributed by atoms with van der Waals surface area (Å²) in [5.74, 6) is 0.776. The first kappa shape index (κ1) is 11.4. The van der Waals surface area contributed by atoms with Crippen molar-refractivity contribution >= 4 is 10.8 Å². The number of nitrogens with one attached hydrogen (secondary N) is 1. The lowest BCUT2D eigenvalue weighted by Gasteiger charge is -2.04. The van der Waals surface area contributed by atoms with Crippen molar-refractivity contribution in [1.82, 2.24) is 15.1 Å². The van der Waals surface area contributed by atoms with Crippen LogP contribution in [0.4, 0.5) is 0 Å². The predicted octanol–water partition coefficient (Wildman–Crippen LogP) is 0.278. The topological polar surface area (TPSA) is 46.9 Å². The Bertz CT molecular complexity index is 298. The molecule has 0 saturated heterocycles. The van der Waals surface area contributed by atoms with Gasteiger partial charge in [-0.05, 0) is 19.0 Å². The highest BCUT2D eigenvalue weighted by Gasteiger charge is 1.97.